The summed E-state index contributed by atoms with van der Waals surface area (Å²) in [5.74, 6) is 0.684. The second kappa shape index (κ2) is 9.73. The van der Waals surface area contributed by atoms with E-state index in [4.69, 9.17) is 0 Å². The molecule has 3 rings (SSSR count). The average Bonchev–Trinajstić information content (AvgIpc) is 3.28. The first-order chi connectivity index (χ1) is 13.8. The Morgan fingerprint density at radius 1 is 1.38 bits per heavy atom. The molecule has 6 nitrogen and oxygen atoms in total. The van der Waals surface area contributed by atoms with Gasteiger partial charge >= 0.3 is 0 Å². The van der Waals surface area contributed by atoms with Gasteiger partial charge in [-0.05, 0) is 50.3 Å². The molecule has 8 heteroatoms. The second-order valence-electron chi connectivity index (χ2n) is 8.20. The molecule has 1 aliphatic rings. The van der Waals surface area contributed by atoms with Gasteiger partial charge in [-0.1, -0.05) is 6.92 Å². The molecule has 1 saturated heterocycles. The lowest BCUT2D eigenvalue weighted by Crippen LogP contribution is -2.39. The zero-order chi connectivity index (χ0) is 21.0. The molecule has 0 amide bonds. The minimum atomic E-state index is -2.98. The van der Waals surface area contributed by atoms with Crippen LogP contribution in [0.3, 0.4) is 0 Å². The lowest BCUT2D eigenvalue weighted by atomic mass is 9.85. The van der Waals surface area contributed by atoms with Crippen LogP contribution in [-0.4, -0.2) is 59.4 Å². The Morgan fingerprint density at radius 3 is 2.83 bits per heavy atom. The topological polar surface area (TPSA) is 75.4 Å². The highest BCUT2D eigenvalue weighted by molar-refractivity contribution is 7.90. The number of sulfone groups is 1. The smallest absolute Gasteiger partial charge is 0.149 e. The first kappa shape index (κ1) is 22.5. The Labute approximate surface area is 178 Å². The molecule has 1 unspecified atom stereocenters. The number of aliphatic hydroxyl groups is 1. The van der Waals surface area contributed by atoms with E-state index in [9.17, 15) is 13.5 Å². The fourth-order valence-corrected chi connectivity index (χ4v) is 5.86. The van der Waals surface area contributed by atoms with Crippen molar-refractivity contribution in [3.63, 3.8) is 0 Å². The van der Waals surface area contributed by atoms with Crippen LogP contribution in [0.2, 0.25) is 0 Å². The molecule has 0 bridgehead atoms. The summed E-state index contributed by atoms with van der Waals surface area (Å²) in [5.41, 5.74) is 2.59. The Balaban J connectivity index is 1.59. The monoisotopic (exact) mass is 439 g/mol. The summed E-state index contributed by atoms with van der Waals surface area (Å²) < 4.78 is 24.4. The number of aliphatic hydroxyl groups excluding tert-OH is 1. The van der Waals surface area contributed by atoms with Crippen LogP contribution in [-0.2, 0) is 35.8 Å². The number of hydrogen-bond acceptors (Lipinski definition) is 6. The SMILES string of the molecule is CCc1cc(C2CCN(Cc3cnn(CCS(C)(=O)=O)c3)[C@H](C)C2)c(CCO)s1. The average molecular weight is 440 g/mol. The van der Waals surface area contributed by atoms with Gasteiger partial charge in [-0.2, -0.15) is 5.10 Å². The summed E-state index contributed by atoms with van der Waals surface area (Å²) in [7, 11) is -2.98. The highest BCUT2D eigenvalue weighted by atomic mass is 32.2. The number of likely N-dealkylation sites (tertiary alicyclic amines) is 1. The summed E-state index contributed by atoms with van der Waals surface area (Å²) in [6.07, 6.45) is 9.15. The van der Waals surface area contributed by atoms with Crippen molar-refractivity contribution in [2.45, 2.75) is 64.6 Å². The fourth-order valence-electron chi connectivity index (χ4n) is 4.16. The minimum absolute atomic E-state index is 0.118. The molecule has 3 heterocycles. The largest absolute Gasteiger partial charge is 0.396 e. The molecule has 162 valence electrons. The van der Waals surface area contributed by atoms with E-state index in [0.29, 0.717) is 18.5 Å². The summed E-state index contributed by atoms with van der Waals surface area (Å²) in [5, 5.41) is 13.7. The number of aryl methyl sites for hydroxylation is 2. The van der Waals surface area contributed by atoms with E-state index in [0.717, 1.165) is 44.3 Å². The molecule has 1 N–H and O–H groups in total. The first-order valence-electron chi connectivity index (χ1n) is 10.4. The van der Waals surface area contributed by atoms with Crippen molar-refractivity contribution < 1.29 is 13.5 Å². The predicted molar refractivity (Wildman–Crippen MR) is 118 cm³/mol. The van der Waals surface area contributed by atoms with E-state index in [-0.39, 0.29) is 12.4 Å². The Morgan fingerprint density at radius 2 is 2.17 bits per heavy atom. The van der Waals surface area contributed by atoms with Gasteiger partial charge in [0, 0.05) is 53.4 Å². The van der Waals surface area contributed by atoms with Gasteiger partial charge in [0.2, 0.25) is 0 Å². The molecular formula is C21H33N3O3S2. The Bertz CT molecular complexity index is 904. The van der Waals surface area contributed by atoms with Gasteiger partial charge in [-0.3, -0.25) is 9.58 Å². The fraction of sp³-hybridized carbons (Fsp3) is 0.667. The highest BCUT2D eigenvalue weighted by Gasteiger charge is 2.28. The van der Waals surface area contributed by atoms with E-state index in [1.165, 1.54) is 21.6 Å². The van der Waals surface area contributed by atoms with Crippen molar-refractivity contribution in [2.75, 3.05) is 25.2 Å². The van der Waals surface area contributed by atoms with Gasteiger partial charge in [0.1, 0.15) is 9.84 Å². The van der Waals surface area contributed by atoms with E-state index >= 15 is 0 Å². The number of piperidine rings is 1. The van der Waals surface area contributed by atoms with Gasteiger partial charge in [0.05, 0.1) is 18.5 Å². The van der Waals surface area contributed by atoms with Gasteiger partial charge in [0.25, 0.3) is 0 Å². The summed E-state index contributed by atoms with van der Waals surface area (Å²) in [6, 6.07) is 2.84. The third-order valence-electron chi connectivity index (χ3n) is 5.80. The molecular weight excluding hydrogens is 406 g/mol. The van der Waals surface area contributed by atoms with Crippen molar-refractivity contribution in [1.29, 1.82) is 0 Å². The van der Waals surface area contributed by atoms with Crippen molar-refractivity contribution in [3.05, 3.63) is 39.3 Å². The van der Waals surface area contributed by atoms with Crippen molar-refractivity contribution in [2.24, 2.45) is 0 Å². The predicted octanol–water partition coefficient (Wildman–Crippen LogP) is 2.85. The summed E-state index contributed by atoms with van der Waals surface area (Å²) in [6.45, 7) is 6.99. The van der Waals surface area contributed by atoms with Crippen molar-refractivity contribution >= 4 is 21.2 Å². The van der Waals surface area contributed by atoms with Crippen LogP contribution < -0.4 is 0 Å². The zero-order valence-electron chi connectivity index (χ0n) is 17.7. The lowest BCUT2D eigenvalue weighted by molar-refractivity contribution is 0.138. The van der Waals surface area contributed by atoms with Gasteiger partial charge in [-0.25, -0.2) is 8.42 Å². The standard InChI is InChI=1S/C21H33N3O3S2/c1-4-19-12-20(21(28-19)6-9-25)18-5-7-23(16(2)11-18)14-17-13-22-24(15-17)8-10-29(3,26)27/h12-13,15-16,18,25H,4-11,14H2,1-3H3/t16-,18?/m1/s1. The Hall–Kier alpha value is -1.22. The maximum absolute atomic E-state index is 11.3. The summed E-state index contributed by atoms with van der Waals surface area (Å²) >= 11 is 1.86. The maximum Gasteiger partial charge on any atom is 0.149 e. The molecule has 0 radical (unpaired) electrons. The molecule has 1 fully saturated rings. The van der Waals surface area contributed by atoms with Crippen molar-refractivity contribution in [1.82, 2.24) is 14.7 Å². The van der Waals surface area contributed by atoms with Crippen LogP contribution >= 0.6 is 11.3 Å². The summed E-state index contributed by atoms with van der Waals surface area (Å²) in [4.78, 5) is 5.27. The maximum atomic E-state index is 11.3. The molecule has 0 saturated carbocycles. The number of rotatable bonds is 9. The third kappa shape index (κ3) is 6.13. The van der Waals surface area contributed by atoms with Crippen LogP contribution in [0.5, 0.6) is 0 Å². The third-order valence-corrected chi connectivity index (χ3v) is 8.08. The second-order valence-corrected chi connectivity index (χ2v) is 11.7. The number of thiophene rings is 1. The minimum Gasteiger partial charge on any atom is -0.396 e. The molecule has 2 atom stereocenters. The van der Waals surface area contributed by atoms with Crippen LogP contribution in [0.25, 0.3) is 0 Å². The molecule has 1 aliphatic heterocycles. The normalized spacial score (nSPS) is 21.0. The lowest BCUT2D eigenvalue weighted by Gasteiger charge is -2.37. The van der Waals surface area contributed by atoms with Crippen LogP contribution in [0.4, 0.5) is 0 Å². The van der Waals surface area contributed by atoms with Gasteiger partial charge in [-0.15, -0.1) is 11.3 Å². The van der Waals surface area contributed by atoms with Gasteiger partial charge in [0.15, 0.2) is 0 Å². The first-order valence-corrected chi connectivity index (χ1v) is 13.3. The van der Waals surface area contributed by atoms with Crippen LogP contribution in [0.1, 0.15) is 53.5 Å². The van der Waals surface area contributed by atoms with E-state index < -0.39 is 9.84 Å². The molecule has 29 heavy (non-hydrogen) atoms. The quantitative estimate of drug-likeness (QED) is 0.650. The van der Waals surface area contributed by atoms with Crippen LogP contribution in [0.15, 0.2) is 18.5 Å². The molecule has 0 spiro atoms. The molecule has 2 aromatic rings. The zero-order valence-corrected chi connectivity index (χ0v) is 19.3. The Kier molecular flexibility index (Phi) is 7.53. The van der Waals surface area contributed by atoms with E-state index in [1.807, 2.05) is 23.7 Å². The molecule has 0 aromatic carbocycles. The highest BCUT2D eigenvalue weighted by Crippen LogP contribution is 2.38. The van der Waals surface area contributed by atoms with Crippen LogP contribution in [0, 0.1) is 0 Å². The van der Waals surface area contributed by atoms with Gasteiger partial charge < -0.3 is 5.11 Å². The number of aromatic nitrogens is 2. The van der Waals surface area contributed by atoms with E-state index in [2.05, 4.69) is 29.9 Å². The molecule has 2 aromatic heterocycles. The number of nitrogens with zero attached hydrogens (tertiary/aromatic N) is 3. The molecule has 0 aliphatic carbocycles. The van der Waals surface area contributed by atoms with E-state index in [1.54, 1.807) is 4.68 Å². The number of hydrogen-bond donors (Lipinski definition) is 1. The van der Waals surface area contributed by atoms with Crippen molar-refractivity contribution in [3.8, 4) is 0 Å².